The Morgan fingerprint density at radius 1 is 1.06 bits per heavy atom. The Bertz CT molecular complexity index is 668. The smallest absolute Gasteiger partial charge is 0.354 e. The monoisotopic (exact) mass is 246 g/mol. The molecule has 0 aliphatic heterocycles. The lowest BCUT2D eigenvalue weighted by Crippen LogP contribution is -1.99. The number of H-pyrrole nitrogens is 3. The first-order valence-electron chi connectivity index (χ1n) is 4.81. The highest BCUT2D eigenvalue weighted by Crippen LogP contribution is 2.29. The van der Waals surface area contributed by atoms with E-state index in [-0.39, 0.29) is 5.69 Å². The average molecular weight is 246 g/mol. The Hall–Kier alpha value is -3.04. The SMILES string of the molecule is O=C(O)c1[nH]nc(-c2cn[nH]n2)c1-c1cn[nH]n1. The highest BCUT2D eigenvalue weighted by atomic mass is 16.4. The first-order chi connectivity index (χ1) is 8.77. The van der Waals surface area contributed by atoms with Crippen molar-refractivity contribution >= 4 is 5.97 Å². The Labute approximate surface area is 98.4 Å². The molecule has 3 heterocycles. The molecule has 0 aliphatic rings. The number of hydrogen-bond donors (Lipinski definition) is 4. The molecular formula is C8H6N8O2. The van der Waals surface area contributed by atoms with Crippen molar-refractivity contribution in [3.05, 3.63) is 18.1 Å². The van der Waals surface area contributed by atoms with Gasteiger partial charge in [-0.2, -0.15) is 35.9 Å². The minimum atomic E-state index is -1.14. The molecule has 0 saturated heterocycles. The number of aromatic carboxylic acids is 1. The van der Waals surface area contributed by atoms with Gasteiger partial charge in [-0.3, -0.25) is 5.10 Å². The maximum Gasteiger partial charge on any atom is 0.354 e. The molecule has 4 N–H and O–H groups in total. The van der Waals surface area contributed by atoms with E-state index in [0.717, 1.165) is 0 Å². The molecule has 0 spiro atoms. The standard InChI is InChI=1S/C8H6N8O2/c17-8(18)7-5(3-1-9-15-11-3)6(13-14-7)4-2-10-16-12-4/h1-2H,(H,13,14)(H,17,18)(H,9,11,15)(H,10,12,16). The van der Waals surface area contributed by atoms with Gasteiger partial charge in [0.15, 0.2) is 5.69 Å². The molecular weight excluding hydrogens is 240 g/mol. The topological polar surface area (TPSA) is 149 Å². The van der Waals surface area contributed by atoms with Crippen LogP contribution in [0.15, 0.2) is 12.4 Å². The van der Waals surface area contributed by atoms with Gasteiger partial charge in [0, 0.05) is 0 Å². The van der Waals surface area contributed by atoms with E-state index in [0.29, 0.717) is 22.6 Å². The number of aromatic amines is 3. The highest BCUT2D eigenvalue weighted by Gasteiger charge is 2.24. The third-order valence-electron chi connectivity index (χ3n) is 2.31. The number of carboxylic acid groups (broad SMARTS) is 1. The van der Waals surface area contributed by atoms with Gasteiger partial charge in [0.05, 0.1) is 18.0 Å². The minimum Gasteiger partial charge on any atom is -0.477 e. The van der Waals surface area contributed by atoms with Gasteiger partial charge < -0.3 is 5.11 Å². The van der Waals surface area contributed by atoms with Crippen LogP contribution < -0.4 is 0 Å². The molecule has 0 fully saturated rings. The van der Waals surface area contributed by atoms with E-state index in [1.807, 2.05) is 0 Å². The van der Waals surface area contributed by atoms with E-state index in [2.05, 4.69) is 41.0 Å². The van der Waals surface area contributed by atoms with Crippen molar-refractivity contribution in [3.8, 4) is 22.6 Å². The van der Waals surface area contributed by atoms with E-state index in [1.54, 1.807) is 0 Å². The van der Waals surface area contributed by atoms with Crippen molar-refractivity contribution in [2.45, 2.75) is 0 Å². The predicted octanol–water partition coefficient (Wildman–Crippen LogP) is -0.322. The van der Waals surface area contributed by atoms with Crippen LogP contribution >= 0.6 is 0 Å². The quantitative estimate of drug-likeness (QED) is 0.494. The summed E-state index contributed by atoms with van der Waals surface area (Å²) >= 11 is 0. The lowest BCUT2D eigenvalue weighted by atomic mass is 10.1. The molecule has 3 aromatic heterocycles. The van der Waals surface area contributed by atoms with Gasteiger partial charge in [-0.25, -0.2) is 4.79 Å². The van der Waals surface area contributed by atoms with Gasteiger partial charge in [-0.05, 0) is 0 Å². The molecule has 0 saturated carbocycles. The van der Waals surface area contributed by atoms with Crippen molar-refractivity contribution in [3.63, 3.8) is 0 Å². The first kappa shape index (κ1) is 10.1. The van der Waals surface area contributed by atoms with Crippen molar-refractivity contribution in [2.24, 2.45) is 0 Å². The molecule has 3 aromatic rings. The normalized spacial score (nSPS) is 10.7. The molecule has 0 radical (unpaired) electrons. The van der Waals surface area contributed by atoms with Crippen molar-refractivity contribution in [1.82, 2.24) is 41.0 Å². The molecule has 10 nitrogen and oxygen atoms in total. The zero-order valence-corrected chi connectivity index (χ0v) is 8.75. The zero-order chi connectivity index (χ0) is 12.5. The summed E-state index contributed by atoms with van der Waals surface area (Å²) in [6, 6.07) is 0. The fourth-order valence-corrected chi connectivity index (χ4v) is 1.57. The van der Waals surface area contributed by atoms with E-state index in [1.165, 1.54) is 12.4 Å². The predicted molar refractivity (Wildman–Crippen MR) is 56.3 cm³/mol. The van der Waals surface area contributed by atoms with Crippen LogP contribution in [0.5, 0.6) is 0 Å². The number of hydrogen-bond acceptors (Lipinski definition) is 6. The van der Waals surface area contributed by atoms with E-state index >= 15 is 0 Å². The van der Waals surface area contributed by atoms with Gasteiger partial charge >= 0.3 is 5.97 Å². The number of carboxylic acids is 1. The fourth-order valence-electron chi connectivity index (χ4n) is 1.57. The van der Waals surface area contributed by atoms with Crippen LogP contribution in [0.3, 0.4) is 0 Å². The molecule has 90 valence electrons. The third kappa shape index (κ3) is 1.43. The van der Waals surface area contributed by atoms with Crippen LogP contribution in [0.4, 0.5) is 0 Å². The largest absolute Gasteiger partial charge is 0.477 e. The maximum atomic E-state index is 11.1. The van der Waals surface area contributed by atoms with Crippen LogP contribution in [-0.4, -0.2) is 52.1 Å². The van der Waals surface area contributed by atoms with Crippen LogP contribution in [-0.2, 0) is 0 Å². The molecule has 0 aromatic carbocycles. The third-order valence-corrected chi connectivity index (χ3v) is 2.31. The van der Waals surface area contributed by atoms with Gasteiger partial charge in [-0.1, -0.05) is 0 Å². The fraction of sp³-hybridized carbons (Fsp3) is 0. The van der Waals surface area contributed by atoms with Crippen molar-refractivity contribution in [2.75, 3.05) is 0 Å². The van der Waals surface area contributed by atoms with Gasteiger partial charge in [0.25, 0.3) is 0 Å². The molecule has 3 rings (SSSR count). The maximum absolute atomic E-state index is 11.1. The number of rotatable bonds is 3. The van der Waals surface area contributed by atoms with E-state index < -0.39 is 5.97 Å². The summed E-state index contributed by atoms with van der Waals surface area (Å²) in [7, 11) is 0. The van der Waals surface area contributed by atoms with Crippen molar-refractivity contribution < 1.29 is 9.90 Å². The summed E-state index contributed by atoms with van der Waals surface area (Å²) in [4.78, 5) is 11.1. The van der Waals surface area contributed by atoms with Gasteiger partial charge in [0.1, 0.15) is 17.1 Å². The Morgan fingerprint density at radius 2 is 1.72 bits per heavy atom. The number of nitrogens with zero attached hydrogens (tertiary/aromatic N) is 5. The summed E-state index contributed by atoms with van der Waals surface area (Å²) in [5, 5.41) is 35.3. The van der Waals surface area contributed by atoms with Crippen molar-refractivity contribution in [1.29, 1.82) is 0 Å². The zero-order valence-electron chi connectivity index (χ0n) is 8.75. The lowest BCUT2D eigenvalue weighted by molar-refractivity contribution is 0.0691. The summed E-state index contributed by atoms with van der Waals surface area (Å²) in [6.45, 7) is 0. The second kappa shape index (κ2) is 3.76. The average Bonchev–Trinajstić information content (AvgIpc) is 3.10. The summed E-state index contributed by atoms with van der Waals surface area (Å²) in [5.41, 5.74) is 1.35. The summed E-state index contributed by atoms with van der Waals surface area (Å²) in [5.74, 6) is -1.14. The number of nitrogens with one attached hydrogen (secondary N) is 3. The second-order valence-corrected chi connectivity index (χ2v) is 3.34. The molecule has 0 unspecified atom stereocenters. The summed E-state index contributed by atoms with van der Waals surface area (Å²) in [6.07, 6.45) is 2.84. The molecule has 18 heavy (non-hydrogen) atoms. The molecule has 0 amide bonds. The van der Waals surface area contributed by atoms with Crippen LogP contribution in [0, 0.1) is 0 Å². The highest BCUT2D eigenvalue weighted by molar-refractivity contribution is 5.97. The van der Waals surface area contributed by atoms with Crippen LogP contribution in [0.25, 0.3) is 22.6 Å². The van der Waals surface area contributed by atoms with Gasteiger partial charge in [-0.15, -0.1) is 0 Å². The Morgan fingerprint density at radius 3 is 2.28 bits per heavy atom. The van der Waals surface area contributed by atoms with Crippen LogP contribution in [0.2, 0.25) is 0 Å². The number of aromatic nitrogens is 8. The lowest BCUT2D eigenvalue weighted by Gasteiger charge is -1.96. The van der Waals surface area contributed by atoms with E-state index in [9.17, 15) is 4.79 Å². The second-order valence-electron chi connectivity index (χ2n) is 3.34. The molecule has 0 atom stereocenters. The first-order valence-corrected chi connectivity index (χ1v) is 4.81. The van der Waals surface area contributed by atoms with E-state index in [4.69, 9.17) is 5.11 Å². The summed E-state index contributed by atoms with van der Waals surface area (Å²) < 4.78 is 0. The molecule has 10 heteroatoms. The molecule has 0 aliphatic carbocycles. The molecule has 0 bridgehead atoms. The number of carbonyl (C=O) groups is 1. The minimum absolute atomic E-state index is 0.0816. The Balaban J connectivity index is 2.25. The Kier molecular flexibility index (Phi) is 2.12. The van der Waals surface area contributed by atoms with Gasteiger partial charge in [0.2, 0.25) is 0 Å². The van der Waals surface area contributed by atoms with Crippen LogP contribution in [0.1, 0.15) is 10.5 Å².